The Morgan fingerprint density at radius 3 is 2.67 bits per heavy atom. The maximum absolute atomic E-state index is 13.1. The molecule has 1 saturated carbocycles. The van der Waals surface area contributed by atoms with Gasteiger partial charge in [-0.05, 0) is 50.1 Å². The van der Waals surface area contributed by atoms with E-state index < -0.39 is 0 Å². The van der Waals surface area contributed by atoms with Gasteiger partial charge in [-0.1, -0.05) is 37.8 Å². The number of rotatable bonds is 7. The van der Waals surface area contributed by atoms with Crippen LogP contribution in [0.15, 0.2) is 24.3 Å². The fourth-order valence-corrected chi connectivity index (χ4v) is 6.33. The zero-order chi connectivity index (χ0) is 24.4. The van der Waals surface area contributed by atoms with Gasteiger partial charge < -0.3 is 15.6 Å². The third-order valence-electron chi connectivity index (χ3n) is 7.06. The number of aromatic amines is 1. The lowest BCUT2D eigenvalue weighted by atomic mass is 9.90. The van der Waals surface area contributed by atoms with Gasteiger partial charge in [-0.15, -0.1) is 23.7 Å². The number of unbranched alkanes of at least 4 members (excludes halogenated alkanes) is 1. The average Bonchev–Trinajstić information content (AvgIpc) is 3.47. The molecule has 0 bridgehead atoms. The molecule has 7 nitrogen and oxygen atoms in total. The predicted octanol–water partition coefficient (Wildman–Crippen LogP) is 5.33. The number of hydrogen-bond acceptors (Lipinski definition) is 5. The fourth-order valence-electron chi connectivity index (χ4n) is 5.10. The minimum Gasteiger partial charge on any atom is -0.351 e. The molecule has 2 amide bonds. The van der Waals surface area contributed by atoms with E-state index in [0.29, 0.717) is 15.7 Å². The van der Waals surface area contributed by atoms with E-state index in [2.05, 4.69) is 32.4 Å². The predicted molar refractivity (Wildman–Crippen MR) is 148 cm³/mol. The summed E-state index contributed by atoms with van der Waals surface area (Å²) in [6.07, 6.45) is 7.02. The molecule has 3 N–H and O–H groups in total. The van der Waals surface area contributed by atoms with Crippen LogP contribution in [0.1, 0.15) is 76.3 Å². The largest absolute Gasteiger partial charge is 0.351 e. The lowest BCUT2D eigenvalue weighted by Gasteiger charge is -2.32. The maximum Gasteiger partial charge on any atom is 0.280 e. The standard InChI is InChI=1S/C26H32ClN5O2S.ClH/c1-2-3-11-32-12-10-21-23(15-32)35-26(31-21)25(34)30-20-7-5-4-6-19(20)29-24(33)22-14-16-13-17(27)8-9-18(16)28-22;/h8-9,13-14,19-20,28H,2-7,10-12,15H2,1H3,(H,29,33)(H,30,34);1H. The Morgan fingerprint density at radius 1 is 1.17 bits per heavy atom. The molecule has 2 aliphatic rings. The van der Waals surface area contributed by atoms with Crippen LogP contribution >= 0.6 is 35.3 Å². The molecule has 3 aromatic rings. The second kappa shape index (κ2) is 11.9. The maximum atomic E-state index is 13.1. The number of hydrogen-bond donors (Lipinski definition) is 3. The number of amides is 2. The summed E-state index contributed by atoms with van der Waals surface area (Å²) >= 11 is 7.60. The quantitative estimate of drug-likeness (QED) is 0.371. The number of carbonyl (C=O) groups excluding carboxylic acids is 2. The van der Waals surface area contributed by atoms with Gasteiger partial charge in [0.25, 0.3) is 11.8 Å². The Labute approximate surface area is 226 Å². The van der Waals surface area contributed by atoms with Crippen LogP contribution in [0, 0.1) is 0 Å². The summed E-state index contributed by atoms with van der Waals surface area (Å²) in [7, 11) is 0. The first-order chi connectivity index (χ1) is 17.0. The van der Waals surface area contributed by atoms with Crippen LogP contribution in [0.2, 0.25) is 5.02 Å². The van der Waals surface area contributed by atoms with Gasteiger partial charge in [-0.2, -0.15) is 0 Å². The smallest absolute Gasteiger partial charge is 0.280 e. The molecular weight excluding hydrogens is 517 g/mol. The van der Waals surface area contributed by atoms with E-state index in [0.717, 1.165) is 68.3 Å². The van der Waals surface area contributed by atoms with Crippen molar-refractivity contribution in [1.82, 2.24) is 25.5 Å². The Kier molecular flexibility index (Phi) is 8.93. The third-order valence-corrected chi connectivity index (χ3v) is 8.38. The first-order valence-electron chi connectivity index (χ1n) is 12.6. The zero-order valence-electron chi connectivity index (χ0n) is 20.4. The van der Waals surface area contributed by atoms with Gasteiger partial charge in [-0.25, -0.2) is 4.98 Å². The van der Waals surface area contributed by atoms with Gasteiger partial charge in [0.2, 0.25) is 0 Å². The molecule has 1 fully saturated rings. The monoisotopic (exact) mass is 549 g/mol. The molecule has 3 heterocycles. The van der Waals surface area contributed by atoms with Crippen LogP contribution < -0.4 is 10.6 Å². The molecule has 1 aliphatic carbocycles. The molecule has 1 aromatic carbocycles. The van der Waals surface area contributed by atoms with Gasteiger partial charge in [0.15, 0.2) is 5.01 Å². The topological polar surface area (TPSA) is 90.1 Å². The molecule has 36 heavy (non-hydrogen) atoms. The molecule has 1 aliphatic heterocycles. The summed E-state index contributed by atoms with van der Waals surface area (Å²) in [5.74, 6) is -0.295. The molecule has 2 atom stereocenters. The molecule has 194 valence electrons. The summed E-state index contributed by atoms with van der Waals surface area (Å²) in [5, 5.41) is 8.41. The Bertz CT molecular complexity index is 1230. The highest BCUT2D eigenvalue weighted by atomic mass is 35.5. The van der Waals surface area contributed by atoms with E-state index in [1.807, 2.05) is 18.2 Å². The summed E-state index contributed by atoms with van der Waals surface area (Å²) < 4.78 is 0. The van der Waals surface area contributed by atoms with Gasteiger partial charge in [0.05, 0.1) is 5.69 Å². The van der Waals surface area contributed by atoms with E-state index in [4.69, 9.17) is 11.6 Å². The van der Waals surface area contributed by atoms with E-state index >= 15 is 0 Å². The van der Waals surface area contributed by atoms with Crippen LogP contribution in [-0.4, -0.2) is 51.9 Å². The van der Waals surface area contributed by atoms with Crippen molar-refractivity contribution in [2.75, 3.05) is 13.1 Å². The average molecular weight is 551 g/mol. The number of benzene rings is 1. The first kappa shape index (κ1) is 26.9. The highest BCUT2D eigenvalue weighted by Gasteiger charge is 2.30. The SMILES string of the molecule is CCCCN1CCc2nc(C(=O)NC3CCCCC3NC(=O)c3cc4cc(Cl)ccc4[nH]3)sc2C1.Cl. The van der Waals surface area contributed by atoms with Gasteiger partial charge >= 0.3 is 0 Å². The number of fused-ring (bicyclic) bond motifs is 2. The molecule has 5 rings (SSSR count). The zero-order valence-corrected chi connectivity index (χ0v) is 22.8. The summed E-state index contributed by atoms with van der Waals surface area (Å²) in [5.41, 5.74) is 2.44. The van der Waals surface area contributed by atoms with E-state index in [9.17, 15) is 9.59 Å². The van der Waals surface area contributed by atoms with Crippen molar-refractivity contribution in [2.24, 2.45) is 0 Å². The van der Waals surface area contributed by atoms with E-state index in [1.54, 1.807) is 6.07 Å². The lowest BCUT2D eigenvalue weighted by molar-refractivity contribution is 0.0860. The Balaban J connectivity index is 0.00000304. The summed E-state index contributed by atoms with van der Waals surface area (Å²) in [6, 6.07) is 7.10. The van der Waals surface area contributed by atoms with Crippen LogP contribution in [0.5, 0.6) is 0 Å². The Hall–Kier alpha value is -2.13. The normalized spacial score (nSPS) is 19.9. The minimum atomic E-state index is -0.166. The molecule has 2 unspecified atom stereocenters. The van der Waals surface area contributed by atoms with Crippen LogP contribution in [0.25, 0.3) is 10.9 Å². The third kappa shape index (κ3) is 6.05. The van der Waals surface area contributed by atoms with Crippen molar-refractivity contribution in [3.8, 4) is 0 Å². The minimum absolute atomic E-state index is 0. The van der Waals surface area contributed by atoms with Gasteiger partial charge in [0.1, 0.15) is 5.69 Å². The van der Waals surface area contributed by atoms with Crippen LogP contribution in [0.3, 0.4) is 0 Å². The molecular formula is C26H33Cl2N5O2S. The highest BCUT2D eigenvalue weighted by molar-refractivity contribution is 7.13. The summed E-state index contributed by atoms with van der Waals surface area (Å²) in [6.45, 7) is 5.20. The van der Waals surface area contributed by atoms with Crippen molar-refractivity contribution in [2.45, 2.75) is 70.5 Å². The van der Waals surface area contributed by atoms with E-state index in [1.165, 1.54) is 29.1 Å². The Morgan fingerprint density at radius 2 is 1.92 bits per heavy atom. The van der Waals surface area contributed by atoms with E-state index in [-0.39, 0.29) is 36.3 Å². The number of H-pyrrole nitrogens is 1. The number of nitrogens with one attached hydrogen (secondary N) is 3. The van der Waals surface area contributed by atoms with Crippen molar-refractivity contribution in [3.63, 3.8) is 0 Å². The molecule has 10 heteroatoms. The van der Waals surface area contributed by atoms with Gasteiger partial charge in [0, 0.05) is 52.4 Å². The number of nitrogens with zero attached hydrogens (tertiary/aromatic N) is 2. The highest BCUT2D eigenvalue weighted by Crippen LogP contribution is 2.27. The molecule has 0 radical (unpaired) electrons. The fraction of sp³-hybridized carbons (Fsp3) is 0.500. The number of halogens is 2. The lowest BCUT2D eigenvalue weighted by Crippen LogP contribution is -2.53. The van der Waals surface area contributed by atoms with Crippen LogP contribution in [-0.2, 0) is 13.0 Å². The van der Waals surface area contributed by atoms with Crippen molar-refractivity contribution < 1.29 is 9.59 Å². The van der Waals surface area contributed by atoms with Crippen molar-refractivity contribution in [1.29, 1.82) is 0 Å². The molecule has 0 spiro atoms. The molecule has 2 aromatic heterocycles. The first-order valence-corrected chi connectivity index (χ1v) is 13.8. The number of thiazole rings is 1. The van der Waals surface area contributed by atoms with Crippen molar-refractivity contribution in [3.05, 3.63) is 50.6 Å². The number of carbonyl (C=O) groups is 2. The second-order valence-corrected chi connectivity index (χ2v) is 11.1. The summed E-state index contributed by atoms with van der Waals surface area (Å²) in [4.78, 5) is 37.6. The van der Waals surface area contributed by atoms with Crippen LogP contribution in [0.4, 0.5) is 0 Å². The van der Waals surface area contributed by atoms with Crippen molar-refractivity contribution >= 4 is 58.1 Å². The second-order valence-electron chi connectivity index (χ2n) is 9.63. The van der Waals surface area contributed by atoms with Gasteiger partial charge in [-0.3, -0.25) is 14.5 Å². The number of aromatic nitrogens is 2. The molecule has 0 saturated heterocycles.